The second-order valence-electron chi connectivity index (χ2n) is 5.05. The molecule has 2 rings (SSSR count). The molecule has 110 valence electrons. The fourth-order valence-electron chi connectivity index (χ4n) is 2.43. The lowest BCUT2D eigenvalue weighted by Crippen LogP contribution is -2.49. The van der Waals surface area contributed by atoms with E-state index in [1.54, 1.807) is 0 Å². The van der Waals surface area contributed by atoms with Crippen molar-refractivity contribution in [3.05, 3.63) is 47.2 Å². The van der Waals surface area contributed by atoms with Gasteiger partial charge in [0, 0.05) is 11.7 Å². The molecular weight excluding hydrogens is 248 g/mol. The Bertz CT molecular complexity index is 477. The van der Waals surface area contributed by atoms with Crippen molar-refractivity contribution in [2.24, 2.45) is 0 Å². The standard InChI is InChI=1S/C15H20N2O.C2H6/c1-10(2)17-14(13-8-6-5-7-9-13)11(3)12(4)16-15(17)18;1-2/h5-10,14H,1-4H3,(H,16,18);1-2H3. The maximum atomic E-state index is 12.2. The first-order valence-corrected chi connectivity index (χ1v) is 7.34. The van der Waals surface area contributed by atoms with E-state index in [-0.39, 0.29) is 18.1 Å². The van der Waals surface area contributed by atoms with Crippen LogP contribution in [0.15, 0.2) is 41.6 Å². The lowest BCUT2D eigenvalue weighted by molar-refractivity contribution is 0.160. The predicted molar refractivity (Wildman–Crippen MR) is 84.4 cm³/mol. The van der Waals surface area contributed by atoms with Crippen molar-refractivity contribution in [3.63, 3.8) is 0 Å². The molecule has 0 saturated carbocycles. The second kappa shape index (κ2) is 7.13. The SMILES string of the molecule is CC.CC1=C(C)C(c2ccccc2)N(C(C)C)C(=O)N1. The van der Waals surface area contributed by atoms with E-state index in [1.165, 1.54) is 5.57 Å². The molecule has 0 fully saturated rings. The Hall–Kier alpha value is -1.77. The number of urea groups is 1. The average molecular weight is 274 g/mol. The minimum absolute atomic E-state index is 0.0121. The zero-order chi connectivity index (χ0) is 15.3. The number of carbonyl (C=O) groups is 1. The van der Waals surface area contributed by atoms with Crippen molar-refractivity contribution in [3.8, 4) is 0 Å². The predicted octanol–water partition coefficient (Wildman–Crippen LogP) is 4.48. The third kappa shape index (κ3) is 3.21. The van der Waals surface area contributed by atoms with E-state index in [1.807, 2.05) is 57.7 Å². The summed E-state index contributed by atoms with van der Waals surface area (Å²) >= 11 is 0. The van der Waals surface area contributed by atoms with Crippen LogP contribution in [0.25, 0.3) is 0 Å². The van der Waals surface area contributed by atoms with Crippen LogP contribution in [0, 0.1) is 0 Å². The first-order chi connectivity index (χ1) is 9.52. The third-order valence-electron chi connectivity index (χ3n) is 3.48. The van der Waals surface area contributed by atoms with Crippen LogP contribution in [-0.2, 0) is 0 Å². The smallest absolute Gasteiger partial charge is 0.312 e. The average Bonchev–Trinajstić information content (AvgIpc) is 2.45. The molecule has 0 aliphatic carbocycles. The number of allylic oxidation sites excluding steroid dienone is 1. The highest BCUT2D eigenvalue weighted by Gasteiger charge is 2.33. The van der Waals surface area contributed by atoms with Crippen molar-refractivity contribution >= 4 is 6.03 Å². The van der Waals surface area contributed by atoms with Gasteiger partial charge in [0.15, 0.2) is 0 Å². The van der Waals surface area contributed by atoms with Gasteiger partial charge in [-0.15, -0.1) is 0 Å². The molecule has 3 heteroatoms. The molecule has 1 heterocycles. The molecule has 1 atom stereocenters. The van der Waals surface area contributed by atoms with E-state index in [2.05, 4.69) is 24.4 Å². The molecule has 1 unspecified atom stereocenters. The number of amides is 2. The number of nitrogens with zero attached hydrogens (tertiary/aromatic N) is 1. The largest absolute Gasteiger partial charge is 0.322 e. The van der Waals surface area contributed by atoms with E-state index in [9.17, 15) is 4.79 Å². The molecule has 3 nitrogen and oxygen atoms in total. The van der Waals surface area contributed by atoms with E-state index >= 15 is 0 Å². The second-order valence-corrected chi connectivity index (χ2v) is 5.05. The van der Waals surface area contributed by atoms with Crippen molar-refractivity contribution < 1.29 is 4.79 Å². The molecule has 0 spiro atoms. The van der Waals surface area contributed by atoms with Crippen LogP contribution < -0.4 is 5.32 Å². The van der Waals surface area contributed by atoms with Crippen molar-refractivity contribution in [2.45, 2.75) is 53.6 Å². The number of rotatable bonds is 2. The highest BCUT2D eigenvalue weighted by molar-refractivity contribution is 5.79. The molecular formula is C17H26N2O. The lowest BCUT2D eigenvalue weighted by atomic mass is 9.94. The van der Waals surface area contributed by atoms with Crippen LogP contribution in [0.4, 0.5) is 4.79 Å². The van der Waals surface area contributed by atoms with Crippen LogP contribution in [-0.4, -0.2) is 17.0 Å². The summed E-state index contributed by atoms with van der Waals surface area (Å²) in [6.07, 6.45) is 0. The zero-order valence-corrected chi connectivity index (χ0v) is 13.4. The molecule has 0 saturated heterocycles. The van der Waals surface area contributed by atoms with E-state index < -0.39 is 0 Å². The summed E-state index contributed by atoms with van der Waals surface area (Å²) in [6, 6.07) is 10.4. The number of nitrogens with one attached hydrogen (secondary N) is 1. The summed E-state index contributed by atoms with van der Waals surface area (Å²) in [7, 11) is 0. The molecule has 1 aliphatic heterocycles. The summed E-state index contributed by atoms with van der Waals surface area (Å²) in [5.74, 6) is 0. The minimum Gasteiger partial charge on any atom is -0.312 e. The molecule has 0 bridgehead atoms. The van der Waals surface area contributed by atoms with Gasteiger partial charge in [-0.05, 0) is 38.8 Å². The molecule has 1 aliphatic rings. The van der Waals surface area contributed by atoms with Crippen molar-refractivity contribution in [2.75, 3.05) is 0 Å². The Balaban J connectivity index is 0.000000956. The highest BCUT2D eigenvalue weighted by atomic mass is 16.2. The summed E-state index contributed by atoms with van der Waals surface area (Å²) in [5.41, 5.74) is 3.33. The number of carbonyl (C=O) groups excluding carboxylic acids is 1. The van der Waals surface area contributed by atoms with E-state index in [0.717, 1.165) is 11.3 Å². The molecule has 20 heavy (non-hydrogen) atoms. The van der Waals surface area contributed by atoms with Gasteiger partial charge in [-0.1, -0.05) is 44.2 Å². The summed E-state index contributed by atoms with van der Waals surface area (Å²) in [5, 5.41) is 2.93. The Morgan fingerprint density at radius 3 is 2.15 bits per heavy atom. The van der Waals surface area contributed by atoms with Gasteiger partial charge >= 0.3 is 6.03 Å². The fourth-order valence-corrected chi connectivity index (χ4v) is 2.43. The van der Waals surface area contributed by atoms with E-state index in [4.69, 9.17) is 0 Å². The van der Waals surface area contributed by atoms with Gasteiger partial charge in [-0.3, -0.25) is 0 Å². The Kier molecular flexibility index (Phi) is 5.81. The first-order valence-electron chi connectivity index (χ1n) is 7.34. The molecule has 1 N–H and O–H groups in total. The number of hydrogen-bond donors (Lipinski definition) is 1. The normalized spacial score (nSPS) is 18.6. The molecule has 0 aromatic heterocycles. The molecule has 2 amide bonds. The topological polar surface area (TPSA) is 32.3 Å². The van der Waals surface area contributed by atoms with Crippen LogP contribution >= 0.6 is 0 Å². The Morgan fingerprint density at radius 1 is 1.10 bits per heavy atom. The zero-order valence-electron chi connectivity index (χ0n) is 13.4. The Labute approximate surface area is 122 Å². The number of hydrogen-bond acceptors (Lipinski definition) is 1. The maximum Gasteiger partial charge on any atom is 0.322 e. The fraction of sp³-hybridized carbons (Fsp3) is 0.471. The van der Waals surface area contributed by atoms with Crippen molar-refractivity contribution in [1.82, 2.24) is 10.2 Å². The summed E-state index contributed by atoms with van der Waals surface area (Å²) < 4.78 is 0. The van der Waals surface area contributed by atoms with Gasteiger partial charge < -0.3 is 10.2 Å². The molecule has 1 aromatic carbocycles. The van der Waals surface area contributed by atoms with Crippen LogP contribution in [0.2, 0.25) is 0 Å². The summed E-state index contributed by atoms with van der Waals surface area (Å²) in [4.78, 5) is 14.1. The first kappa shape index (κ1) is 16.3. The van der Waals surface area contributed by atoms with Crippen LogP contribution in [0.5, 0.6) is 0 Å². The minimum atomic E-state index is -0.0121. The van der Waals surface area contributed by atoms with Gasteiger partial charge in [-0.2, -0.15) is 0 Å². The maximum absolute atomic E-state index is 12.2. The van der Waals surface area contributed by atoms with Crippen molar-refractivity contribution in [1.29, 1.82) is 0 Å². The van der Waals surface area contributed by atoms with Crippen LogP contribution in [0.1, 0.15) is 53.1 Å². The summed E-state index contributed by atoms with van der Waals surface area (Å²) in [6.45, 7) is 12.1. The monoisotopic (exact) mass is 274 g/mol. The van der Waals surface area contributed by atoms with E-state index in [0.29, 0.717) is 0 Å². The van der Waals surface area contributed by atoms with Gasteiger partial charge in [0.2, 0.25) is 0 Å². The van der Waals surface area contributed by atoms with Crippen LogP contribution in [0.3, 0.4) is 0 Å². The highest BCUT2D eigenvalue weighted by Crippen LogP contribution is 2.34. The number of benzene rings is 1. The molecule has 1 aromatic rings. The Morgan fingerprint density at radius 2 is 1.65 bits per heavy atom. The van der Waals surface area contributed by atoms with Gasteiger partial charge in [-0.25, -0.2) is 4.79 Å². The quantitative estimate of drug-likeness (QED) is 0.847. The molecule has 0 radical (unpaired) electrons. The van der Waals surface area contributed by atoms with Gasteiger partial charge in [0.25, 0.3) is 0 Å². The van der Waals surface area contributed by atoms with Gasteiger partial charge in [0.1, 0.15) is 0 Å². The van der Waals surface area contributed by atoms with Gasteiger partial charge in [0.05, 0.1) is 6.04 Å². The third-order valence-corrected chi connectivity index (χ3v) is 3.48. The lowest BCUT2D eigenvalue weighted by Gasteiger charge is -2.40.